The molecule has 9 heteroatoms. The topological polar surface area (TPSA) is 85.8 Å². The maximum Gasteiger partial charge on any atom is 0.254 e. The Balaban J connectivity index is 0.00000200. The first-order chi connectivity index (χ1) is 9.20. The first-order valence-electron chi connectivity index (χ1n) is 5.81. The van der Waals surface area contributed by atoms with Crippen LogP contribution in [0.4, 0.5) is 0 Å². The summed E-state index contributed by atoms with van der Waals surface area (Å²) in [6.45, 7) is 1.34. The molecule has 0 unspecified atom stereocenters. The summed E-state index contributed by atoms with van der Waals surface area (Å²) in [6.07, 6.45) is 4.79. The van der Waals surface area contributed by atoms with Gasteiger partial charge in [-0.3, -0.25) is 14.5 Å². The fourth-order valence-corrected chi connectivity index (χ4v) is 1.74. The van der Waals surface area contributed by atoms with E-state index in [-0.39, 0.29) is 37.3 Å². The SMILES string of the molecule is Cl.Cl.NCCn1cc(C(=O)NCc2ncccc2Cl)cn1. The molecular weight excluding hydrogens is 337 g/mol. The van der Waals surface area contributed by atoms with Crippen LogP contribution in [-0.4, -0.2) is 27.2 Å². The van der Waals surface area contributed by atoms with E-state index in [0.29, 0.717) is 29.4 Å². The molecular formula is C12H16Cl3N5O. The maximum atomic E-state index is 11.9. The van der Waals surface area contributed by atoms with Gasteiger partial charge in [-0.2, -0.15) is 5.10 Å². The highest BCUT2D eigenvalue weighted by molar-refractivity contribution is 6.31. The minimum absolute atomic E-state index is 0. The van der Waals surface area contributed by atoms with Crippen molar-refractivity contribution in [3.05, 3.63) is 47.0 Å². The Morgan fingerprint density at radius 3 is 2.86 bits per heavy atom. The van der Waals surface area contributed by atoms with Gasteiger partial charge in [0.2, 0.25) is 0 Å². The minimum Gasteiger partial charge on any atom is -0.346 e. The van der Waals surface area contributed by atoms with Gasteiger partial charge in [0, 0.05) is 18.9 Å². The number of amides is 1. The van der Waals surface area contributed by atoms with Crippen molar-refractivity contribution >= 4 is 42.3 Å². The molecule has 0 aliphatic heterocycles. The largest absolute Gasteiger partial charge is 0.346 e. The van der Waals surface area contributed by atoms with E-state index in [1.807, 2.05) is 0 Å². The van der Waals surface area contributed by atoms with Crippen LogP contribution in [0.25, 0.3) is 0 Å². The average Bonchev–Trinajstić information content (AvgIpc) is 2.87. The molecule has 0 saturated carbocycles. The van der Waals surface area contributed by atoms with E-state index < -0.39 is 0 Å². The third kappa shape index (κ3) is 5.51. The second-order valence-corrected chi connectivity index (χ2v) is 4.30. The number of hydrogen-bond donors (Lipinski definition) is 2. The van der Waals surface area contributed by atoms with E-state index in [1.54, 1.807) is 29.2 Å². The van der Waals surface area contributed by atoms with Gasteiger partial charge < -0.3 is 11.1 Å². The molecule has 0 spiro atoms. The molecule has 0 fully saturated rings. The first kappa shape index (κ1) is 19.7. The predicted molar refractivity (Wildman–Crippen MR) is 86.2 cm³/mol. The Hall–Kier alpha value is -1.34. The highest BCUT2D eigenvalue weighted by atomic mass is 35.5. The van der Waals surface area contributed by atoms with Crippen LogP contribution >= 0.6 is 36.4 Å². The standard InChI is InChI=1S/C12H14ClN5O.2ClH/c13-10-2-1-4-15-11(10)7-16-12(19)9-6-17-18(8-9)5-3-14;;/h1-2,4,6,8H,3,5,7,14H2,(H,16,19);2*1H. The summed E-state index contributed by atoms with van der Waals surface area (Å²) in [7, 11) is 0. The third-order valence-electron chi connectivity index (χ3n) is 2.50. The minimum atomic E-state index is -0.218. The van der Waals surface area contributed by atoms with Crippen molar-refractivity contribution in [1.82, 2.24) is 20.1 Å². The van der Waals surface area contributed by atoms with Crippen LogP contribution in [0.2, 0.25) is 5.02 Å². The molecule has 2 aromatic heterocycles. The second-order valence-electron chi connectivity index (χ2n) is 3.90. The van der Waals surface area contributed by atoms with E-state index in [0.717, 1.165) is 0 Å². The smallest absolute Gasteiger partial charge is 0.254 e. The van der Waals surface area contributed by atoms with Gasteiger partial charge >= 0.3 is 0 Å². The molecule has 0 aromatic carbocycles. The Kier molecular flexibility index (Phi) is 8.96. The molecule has 0 aliphatic carbocycles. The molecule has 1 amide bonds. The van der Waals surface area contributed by atoms with Crippen LogP contribution < -0.4 is 11.1 Å². The number of aromatic nitrogens is 3. The van der Waals surface area contributed by atoms with E-state index in [9.17, 15) is 4.79 Å². The van der Waals surface area contributed by atoms with E-state index in [2.05, 4.69) is 15.4 Å². The summed E-state index contributed by atoms with van der Waals surface area (Å²) in [5.74, 6) is -0.218. The number of hydrogen-bond acceptors (Lipinski definition) is 4. The molecule has 0 bridgehead atoms. The zero-order valence-electron chi connectivity index (χ0n) is 11.0. The normalized spacial score (nSPS) is 9.43. The van der Waals surface area contributed by atoms with Crippen molar-refractivity contribution in [3.63, 3.8) is 0 Å². The fourth-order valence-electron chi connectivity index (χ4n) is 1.55. The third-order valence-corrected chi connectivity index (χ3v) is 2.85. The van der Waals surface area contributed by atoms with Crippen LogP contribution in [0.1, 0.15) is 16.1 Å². The van der Waals surface area contributed by atoms with Gasteiger partial charge in [0.15, 0.2) is 0 Å². The summed E-state index contributed by atoms with van der Waals surface area (Å²) in [5, 5.41) is 7.30. The fraction of sp³-hybridized carbons (Fsp3) is 0.250. The number of nitrogens with two attached hydrogens (primary N) is 1. The van der Waals surface area contributed by atoms with Crippen molar-refractivity contribution in [2.45, 2.75) is 13.1 Å². The summed E-state index contributed by atoms with van der Waals surface area (Å²) in [4.78, 5) is 16.0. The Morgan fingerprint density at radius 2 is 2.19 bits per heavy atom. The van der Waals surface area contributed by atoms with Crippen molar-refractivity contribution in [3.8, 4) is 0 Å². The summed E-state index contributed by atoms with van der Waals surface area (Å²) < 4.78 is 1.63. The molecule has 6 nitrogen and oxygen atoms in total. The van der Waals surface area contributed by atoms with Crippen LogP contribution in [-0.2, 0) is 13.1 Å². The number of halogens is 3. The molecule has 0 aliphatic rings. The molecule has 2 heterocycles. The van der Waals surface area contributed by atoms with Gasteiger partial charge in [-0.05, 0) is 12.1 Å². The number of carbonyl (C=O) groups excluding carboxylic acids is 1. The number of nitrogens with one attached hydrogen (secondary N) is 1. The lowest BCUT2D eigenvalue weighted by Gasteiger charge is -2.04. The summed E-state index contributed by atoms with van der Waals surface area (Å²) >= 11 is 5.95. The van der Waals surface area contributed by atoms with Gasteiger partial charge in [-0.1, -0.05) is 11.6 Å². The zero-order valence-corrected chi connectivity index (χ0v) is 13.4. The lowest BCUT2D eigenvalue weighted by atomic mass is 10.3. The Morgan fingerprint density at radius 1 is 1.43 bits per heavy atom. The number of pyridine rings is 1. The Labute approximate surface area is 139 Å². The van der Waals surface area contributed by atoms with Crippen LogP contribution in [0, 0.1) is 0 Å². The molecule has 21 heavy (non-hydrogen) atoms. The molecule has 2 rings (SSSR count). The zero-order chi connectivity index (χ0) is 13.7. The van der Waals surface area contributed by atoms with E-state index >= 15 is 0 Å². The van der Waals surface area contributed by atoms with Gasteiger partial charge in [-0.25, -0.2) is 0 Å². The van der Waals surface area contributed by atoms with Crippen molar-refractivity contribution in [2.24, 2.45) is 5.73 Å². The predicted octanol–water partition coefficient (Wildman–Crippen LogP) is 1.66. The lowest BCUT2D eigenvalue weighted by Crippen LogP contribution is -2.23. The molecule has 3 N–H and O–H groups in total. The van der Waals surface area contributed by atoms with Gasteiger partial charge in [-0.15, -0.1) is 24.8 Å². The molecule has 2 aromatic rings. The monoisotopic (exact) mass is 351 g/mol. The average molecular weight is 353 g/mol. The maximum absolute atomic E-state index is 11.9. The first-order valence-corrected chi connectivity index (χ1v) is 6.18. The van der Waals surface area contributed by atoms with Crippen molar-refractivity contribution < 1.29 is 4.79 Å². The molecule has 0 atom stereocenters. The van der Waals surface area contributed by atoms with Crippen LogP contribution in [0.3, 0.4) is 0 Å². The number of nitrogens with zero attached hydrogens (tertiary/aromatic N) is 3. The van der Waals surface area contributed by atoms with Crippen molar-refractivity contribution in [2.75, 3.05) is 6.54 Å². The summed E-state index contributed by atoms with van der Waals surface area (Å²) in [6, 6.07) is 3.47. The van der Waals surface area contributed by atoms with Gasteiger partial charge in [0.05, 0.1) is 35.6 Å². The van der Waals surface area contributed by atoms with Crippen molar-refractivity contribution in [1.29, 1.82) is 0 Å². The van der Waals surface area contributed by atoms with E-state index in [1.165, 1.54) is 6.20 Å². The quantitative estimate of drug-likeness (QED) is 0.857. The molecule has 0 saturated heterocycles. The second kappa shape index (κ2) is 9.57. The highest BCUT2D eigenvalue weighted by Gasteiger charge is 2.09. The summed E-state index contributed by atoms with van der Waals surface area (Å²) in [5.41, 5.74) is 6.53. The molecule has 0 radical (unpaired) electrons. The number of rotatable bonds is 5. The van der Waals surface area contributed by atoms with Gasteiger partial charge in [0.1, 0.15) is 0 Å². The van der Waals surface area contributed by atoms with Crippen LogP contribution in [0.5, 0.6) is 0 Å². The molecule has 116 valence electrons. The lowest BCUT2D eigenvalue weighted by molar-refractivity contribution is 0.0950. The van der Waals surface area contributed by atoms with E-state index in [4.69, 9.17) is 17.3 Å². The van der Waals surface area contributed by atoms with Gasteiger partial charge in [0.25, 0.3) is 5.91 Å². The highest BCUT2D eigenvalue weighted by Crippen LogP contribution is 2.11. The Bertz CT molecular complexity index is 576. The van der Waals surface area contributed by atoms with Crippen LogP contribution in [0.15, 0.2) is 30.7 Å². The number of carbonyl (C=O) groups is 1.